The number of ether oxygens (including phenoxy) is 2. The van der Waals surface area contributed by atoms with E-state index in [1.165, 1.54) is 17.9 Å². The zero-order chi connectivity index (χ0) is 32.4. The van der Waals surface area contributed by atoms with Crippen molar-refractivity contribution in [2.45, 2.75) is 84.2 Å². The lowest BCUT2D eigenvalue weighted by molar-refractivity contribution is -0.159. The first-order chi connectivity index (χ1) is 20.1. The van der Waals surface area contributed by atoms with Crippen molar-refractivity contribution in [3.8, 4) is 12.3 Å². The van der Waals surface area contributed by atoms with Crippen LogP contribution < -0.4 is 10.6 Å². The number of nitrogens with zero attached hydrogens (tertiary/aromatic N) is 1. The van der Waals surface area contributed by atoms with Gasteiger partial charge in [-0.1, -0.05) is 60.5 Å². The summed E-state index contributed by atoms with van der Waals surface area (Å²) >= 11 is 0. The monoisotopic (exact) mass is 589 g/mol. The molecule has 230 valence electrons. The molecule has 0 heterocycles. The molecular weight excluding hydrogens is 546 g/mol. The highest BCUT2D eigenvalue weighted by atomic mass is 16.6. The Morgan fingerprint density at radius 3 is 2.07 bits per heavy atom. The maximum absolute atomic E-state index is 14.2. The van der Waals surface area contributed by atoms with Gasteiger partial charge in [0.15, 0.2) is 0 Å². The van der Waals surface area contributed by atoms with Gasteiger partial charge in [0.25, 0.3) is 0 Å². The number of hydrogen-bond acceptors (Lipinski definition) is 6. The molecule has 0 aliphatic carbocycles. The molecule has 3 unspecified atom stereocenters. The van der Waals surface area contributed by atoms with E-state index < -0.39 is 53.2 Å². The minimum Gasteiger partial charge on any atom is -0.458 e. The van der Waals surface area contributed by atoms with E-state index in [-0.39, 0.29) is 13.0 Å². The first kappa shape index (κ1) is 34.6. The third-order valence-corrected chi connectivity index (χ3v) is 5.97. The van der Waals surface area contributed by atoms with Gasteiger partial charge in [-0.3, -0.25) is 9.59 Å². The summed E-state index contributed by atoms with van der Waals surface area (Å²) in [6, 6.07) is 12.5. The fourth-order valence-electron chi connectivity index (χ4n) is 4.24. The van der Waals surface area contributed by atoms with Crippen LogP contribution in [0.1, 0.15) is 71.2 Å². The summed E-state index contributed by atoms with van der Waals surface area (Å²) in [4.78, 5) is 55.1. The standard InChI is InChI=1S/C34H43N3O6/c1-10-21-37(30(39)23(3)35-32(41)43-34(7,8)9)28(26-20-16-15-19-25(26)11-2)29(38)36-27(31(40)42-33(4,5)6)22-24-17-13-12-14-18-24/h2,10,12-20,23,27-28H,1,21-22H2,3-9H3,(H,35,41)(H,36,38). The summed E-state index contributed by atoms with van der Waals surface area (Å²) in [5.41, 5.74) is -0.0377. The second kappa shape index (κ2) is 15.1. The van der Waals surface area contributed by atoms with Crippen LogP contribution in [0, 0.1) is 12.3 Å². The summed E-state index contributed by atoms with van der Waals surface area (Å²) in [5.74, 6) is 0.700. The summed E-state index contributed by atoms with van der Waals surface area (Å²) in [5, 5.41) is 5.35. The van der Waals surface area contributed by atoms with Crippen LogP contribution in [0.3, 0.4) is 0 Å². The highest BCUT2D eigenvalue weighted by Gasteiger charge is 2.37. The third kappa shape index (κ3) is 11.0. The molecule has 2 rings (SSSR count). The summed E-state index contributed by atoms with van der Waals surface area (Å²) in [6.07, 6.45) is 6.62. The van der Waals surface area contributed by atoms with Crippen molar-refractivity contribution >= 4 is 23.9 Å². The van der Waals surface area contributed by atoms with Crippen molar-refractivity contribution in [2.75, 3.05) is 6.54 Å². The van der Waals surface area contributed by atoms with Gasteiger partial charge < -0.3 is 25.0 Å². The Labute approximate surface area is 255 Å². The van der Waals surface area contributed by atoms with E-state index in [9.17, 15) is 19.2 Å². The van der Waals surface area contributed by atoms with Crippen molar-refractivity contribution < 1.29 is 28.7 Å². The molecule has 2 aromatic rings. The lowest BCUT2D eigenvalue weighted by Gasteiger charge is -2.34. The Kier molecular flexibility index (Phi) is 12.1. The quantitative estimate of drug-likeness (QED) is 0.223. The van der Waals surface area contributed by atoms with Crippen molar-refractivity contribution in [1.29, 1.82) is 0 Å². The molecular formula is C34H43N3O6. The van der Waals surface area contributed by atoms with Crippen LogP contribution in [0.5, 0.6) is 0 Å². The molecule has 2 aromatic carbocycles. The van der Waals surface area contributed by atoms with Gasteiger partial charge in [0.1, 0.15) is 29.3 Å². The minimum absolute atomic E-state index is 0.0635. The van der Waals surface area contributed by atoms with Crippen LogP contribution in [0.4, 0.5) is 4.79 Å². The van der Waals surface area contributed by atoms with Gasteiger partial charge in [0.2, 0.25) is 11.8 Å². The molecule has 0 aliphatic heterocycles. The van der Waals surface area contributed by atoms with Crippen molar-refractivity contribution in [3.05, 3.63) is 83.9 Å². The molecule has 43 heavy (non-hydrogen) atoms. The van der Waals surface area contributed by atoms with Crippen LogP contribution in [-0.2, 0) is 30.3 Å². The lowest BCUT2D eigenvalue weighted by Crippen LogP contribution is -2.54. The van der Waals surface area contributed by atoms with E-state index in [1.54, 1.807) is 65.8 Å². The molecule has 0 saturated heterocycles. The maximum Gasteiger partial charge on any atom is 0.408 e. The Balaban J connectivity index is 2.55. The fraction of sp³-hybridized carbons (Fsp3) is 0.412. The molecule has 0 aromatic heterocycles. The van der Waals surface area contributed by atoms with E-state index in [0.717, 1.165) is 5.56 Å². The number of terminal acetylenes is 1. The predicted octanol–water partition coefficient (Wildman–Crippen LogP) is 4.71. The number of hydrogen-bond donors (Lipinski definition) is 2. The van der Waals surface area contributed by atoms with Crippen LogP contribution in [-0.4, -0.2) is 58.6 Å². The van der Waals surface area contributed by atoms with Crippen LogP contribution >= 0.6 is 0 Å². The largest absolute Gasteiger partial charge is 0.458 e. The van der Waals surface area contributed by atoms with Crippen LogP contribution in [0.25, 0.3) is 0 Å². The number of carbonyl (C=O) groups excluding carboxylic acids is 4. The summed E-state index contributed by atoms with van der Waals surface area (Å²) in [7, 11) is 0. The van der Waals surface area contributed by atoms with E-state index in [4.69, 9.17) is 15.9 Å². The summed E-state index contributed by atoms with van der Waals surface area (Å²) in [6.45, 7) is 15.5. The molecule has 0 fully saturated rings. The second-order valence-electron chi connectivity index (χ2n) is 12.1. The lowest BCUT2D eigenvalue weighted by atomic mass is 9.96. The molecule has 0 aliphatic rings. The molecule has 0 bridgehead atoms. The number of amides is 3. The van der Waals surface area contributed by atoms with Gasteiger partial charge >= 0.3 is 12.1 Å². The Bertz CT molecular complexity index is 1330. The number of benzene rings is 2. The van der Waals surface area contributed by atoms with Crippen molar-refractivity contribution in [3.63, 3.8) is 0 Å². The van der Waals surface area contributed by atoms with E-state index in [2.05, 4.69) is 23.1 Å². The highest BCUT2D eigenvalue weighted by Crippen LogP contribution is 2.26. The first-order valence-electron chi connectivity index (χ1n) is 14.1. The van der Waals surface area contributed by atoms with Crippen molar-refractivity contribution in [2.24, 2.45) is 0 Å². The molecule has 2 N–H and O–H groups in total. The Morgan fingerprint density at radius 2 is 1.51 bits per heavy atom. The van der Waals surface area contributed by atoms with Crippen LogP contribution in [0.15, 0.2) is 67.3 Å². The van der Waals surface area contributed by atoms with Crippen LogP contribution in [0.2, 0.25) is 0 Å². The number of alkyl carbamates (subject to hydrolysis) is 1. The second-order valence-corrected chi connectivity index (χ2v) is 12.1. The number of esters is 1. The molecule has 0 saturated carbocycles. The first-order valence-corrected chi connectivity index (χ1v) is 14.1. The SMILES string of the molecule is C#Cc1ccccc1C(C(=O)NC(Cc1ccccc1)C(=O)OC(C)(C)C)N(CC=C)C(=O)C(C)NC(=O)OC(C)(C)C. The normalized spacial score (nSPS) is 13.3. The van der Waals surface area contributed by atoms with Gasteiger partial charge in [-0.2, -0.15) is 0 Å². The third-order valence-electron chi connectivity index (χ3n) is 5.97. The number of nitrogens with one attached hydrogen (secondary N) is 2. The van der Waals surface area contributed by atoms with E-state index >= 15 is 0 Å². The van der Waals surface area contributed by atoms with Gasteiger partial charge in [-0.25, -0.2) is 9.59 Å². The van der Waals surface area contributed by atoms with Gasteiger partial charge in [0, 0.05) is 18.5 Å². The van der Waals surface area contributed by atoms with Gasteiger partial charge in [-0.15, -0.1) is 13.0 Å². The van der Waals surface area contributed by atoms with Gasteiger partial charge in [-0.05, 0) is 65.7 Å². The summed E-state index contributed by atoms with van der Waals surface area (Å²) < 4.78 is 10.9. The molecule has 9 heteroatoms. The van der Waals surface area contributed by atoms with Gasteiger partial charge in [0.05, 0.1) is 0 Å². The number of carbonyl (C=O) groups is 4. The zero-order valence-electron chi connectivity index (χ0n) is 26.1. The average molecular weight is 590 g/mol. The minimum atomic E-state index is -1.28. The molecule has 0 radical (unpaired) electrons. The average Bonchev–Trinajstić information content (AvgIpc) is 2.90. The topological polar surface area (TPSA) is 114 Å². The predicted molar refractivity (Wildman–Crippen MR) is 166 cm³/mol. The van der Waals surface area contributed by atoms with E-state index in [0.29, 0.717) is 11.1 Å². The molecule has 0 spiro atoms. The molecule has 9 nitrogen and oxygen atoms in total. The molecule has 3 amide bonds. The van der Waals surface area contributed by atoms with E-state index in [1.807, 2.05) is 30.3 Å². The molecule has 3 atom stereocenters. The zero-order valence-corrected chi connectivity index (χ0v) is 26.1. The highest BCUT2D eigenvalue weighted by molar-refractivity contribution is 5.94. The Morgan fingerprint density at radius 1 is 0.930 bits per heavy atom. The number of rotatable bonds is 11. The van der Waals surface area contributed by atoms with Crippen molar-refractivity contribution in [1.82, 2.24) is 15.5 Å². The smallest absolute Gasteiger partial charge is 0.408 e. The maximum atomic E-state index is 14.2. The fourth-order valence-corrected chi connectivity index (χ4v) is 4.24. The Hall–Kier alpha value is -4.58.